The van der Waals surface area contributed by atoms with Gasteiger partial charge >= 0.3 is 0 Å². The first-order valence-electron chi connectivity index (χ1n) is 6.90. The number of fused-ring (bicyclic) bond motifs is 1. The van der Waals surface area contributed by atoms with Crippen LogP contribution in [0.1, 0.15) is 5.56 Å². The lowest BCUT2D eigenvalue weighted by Gasteiger charge is -2.07. The second-order valence-electron chi connectivity index (χ2n) is 5.01. The third-order valence-corrected chi connectivity index (χ3v) is 4.30. The predicted octanol–water partition coefficient (Wildman–Crippen LogP) is 4.61. The molecule has 0 atom stereocenters. The van der Waals surface area contributed by atoms with Gasteiger partial charge in [-0.05, 0) is 42.1 Å². The molecule has 5 nitrogen and oxygen atoms in total. The smallest absolute Gasteiger partial charge is 0.237 e. The Kier molecular flexibility index (Phi) is 3.48. The molecule has 0 aliphatic carbocycles. The molecule has 23 heavy (non-hydrogen) atoms. The zero-order valence-corrected chi connectivity index (χ0v) is 13.7. The van der Waals surface area contributed by atoms with Crippen molar-refractivity contribution in [1.82, 2.24) is 19.8 Å². The summed E-state index contributed by atoms with van der Waals surface area (Å²) >= 11 is 7.81. The van der Waals surface area contributed by atoms with E-state index in [1.54, 1.807) is 21.9 Å². The van der Waals surface area contributed by atoms with Crippen LogP contribution in [0.25, 0.3) is 17.0 Å². The first-order chi connectivity index (χ1) is 11.2. The van der Waals surface area contributed by atoms with Crippen molar-refractivity contribution >= 4 is 28.6 Å². The highest BCUT2D eigenvalue weighted by Gasteiger charge is 2.12. The van der Waals surface area contributed by atoms with Crippen molar-refractivity contribution in [2.75, 3.05) is 0 Å². The van der Waals surface area contributed by atoms with Crippen molar-refractivity contribution in [1.29, 1.82) is 0 Å². The van der Waals surface area contributed by atoms with Gasteiger partial charge in [0.25, 0.3) is 0 Å². The minimum absolute atomic E-state index is 0.430. The predicted molar refractivity (Wildman–Crippen MR) is 90.4 cm³/mol. The first-order valence-corrected chi connectivity index (χ1v) is 8.22. The molecule has 3 heterocycles. The second kappa shape index (κ2) is 5.64. The van der Waals surface area contributed by atoms with Gasteiger partial charge in [0, 0.05) is 17.0 Å². The molecule has 0 fully saturated rings. The van der Waals surface area contributed by atoms with E-state index in [-0.39, 0.29) is 0 Å². The molecular weight excluding hydrogens is 332 g/mol. The van der Waals surface area contributed by atoms with Gasteiger partial charge in [0.15, 0.2) is 11.5 Å². The Bertz CT molecular complexity index is 981. The van der Waals surface area contributed by atoms with E-state index < -0.39 is 0 Å². The summed E-state index contributed by atoms with van der Waals surface area (Å²) < 4.78 is 7.46. The van der Waals surface area contributed by atoms with Crippen LogP contribution in [0.3, 0.4) is 0 Å². The Hall–Kier alpha value is -2.44. The van der Waals surface area contributed by atoms with Gasteiger partial charge < -0.3 is 4.74 Å². The molecule has 0 N–H and O–H groups in total. The number of aromatic nitrogens is 4. The Morgan fingerprint density at radius 3 is 2.83 bits per heavy atom. The summed E-state index contributed by atoms with van der Waals surface area (Å²) in [7, 11) is 0. The lowest BCUT2D eigenvalue weighted by atomic mass is 10.2. The molecule has 4 rings (SSSR count). The maximum Gasteiger partial charge on any atom is 0.237 e. The van der Waals surface area contributed by atoms with Crippen LogP contribution in [0, 0.1) is 6.92 Å². The number of hydrogen-bond acceptors (Lipinski definition) is 5. The number of hydrogen-bond donors (Lipinski definition) is 0. The summed E-state index contributed by atoms with van der Waals surface area (Å²) in [6.45, 7) is 1.98. The molecule has 114 valence electrons. The van der Waals surface area contributed by atoms with E-state index in [4.69, 9.17) is 16.3 Å². The van der Waals surface area contributed by atoms with Gasteiger partial charge in [0.05, 0.1) is 5.02 Å². The highest BCUT2D eigenvalue weighted by Crippen LogP contribution is 2.29. The molecule has 0 saturated carbocycles. The average Bonchev–Trinajstić information content (AvgIpc) is 3.18. The molecule has 3 aromatic heterocycles. The first kappa shape index (κ1) is 14.2. The fourth-order valence-electron chi connectivity index (χ4n) is 2.20. The van der Waals surface area contributed by atoms with E-state index in [1.165, 1.54) is 0 Å². The van der Waals surface area contributed by atoms with Gasteiger partial charge in [-0.1, -0.05) is 17.7 Å². The molecule has 0 aliphatic rings. The zero-order valence-electron chi connectivity index (χ0n) is 12.1. The van der Waals surface area contributed by atoms with Crippen LogP contribution in [-0.4, -0.2) is 19.8 Å². The van der Waals surface area contributed by atoms with Crippen LogP contribution in [0.2, 0.25) is 5.02 Å². The van der Waals surface area contributed by atoms with Crippen molar-refractivity contribution in [3.8, 4) is 23.0 Å². The normalized spacial score (nSPS) is 11.0. The van der Waals surface area contributed by atoms with Crippen LogP contribution >= 0.6 is 22.9 Å². The number of aryl methyl sites for hydroxylation is 1. The molecule has 0 bridgehead atoms. The third kappa shape index (κ3) is 2.67. The summed E-state index contributed by atoms with van der Waals surface area (Å²) in [6, 6.07) is 11.2. The maximum absolute atomic E-state index is 6.21. The molecule has 0 radical (unpaired) electrons. The largest absolute Gasteiger partial charge is 0.436 e. The van der Waals surface area contributed by atoms with Gasteiger partial charge in [0.2, 0.25) is 5.88 Å². The minimum Gasteiger partial charge on any atom is -0.436 e. The summed E-state index contributed by atoms with van der Waals surface area (Å²) in [5.41, 5.74) is 2.71. The highest BCUT2D eigenvalue weighted by atomic mass is 35.5. The molecule has 0 spiro atoms. The second-order valence-corrected chi connectivity index (χ2v) is 6.20. The average molecular weight is 343 g/mol. The van der Waals surface area contributed by atoms with Crippen molar-refractivity contribution in [3.05, 3.63) is 57.7 Å². The Balaban J connectivity index is 1.75. The van der Waals surface area contributed by atoms with E-state index in [0.29, 0.717) is 28.1 Å². The summed E-state index contributed by atoms with van der Waals surface area (Å²) in [5.74, 6) is 1.68. The summed E-state index contributed by atoms with van der Waals surface area (Å²) in [4.78, 5) is 0. The fraction of sp³-hybridized carbons (Fsp3) is 0.0625. The number of ether oxygens (including phenoxy) is 1. The van der Waals surface area contributed by atoms with Crippen molar-refractivity contribution in [2.24, 2.45) is 0 Å². The molecule has 0 aliphatic heterocycles. The monoisotopic (exact) mass is 342 g/mol. The van der Waals surface area contributed by atoms with Gasteiger partial charge in [0.1, 0.15) is 5.75 Å². The Morgan fingerprint density at radius 1 is 1.13 bits per heavy atom. The SMILES string of the molecule is Cc1ccc(Oc2ccc3nnc(-c4ccsc4)n3n2)c(Cl)c1. The van der Waals surface area contributed by atoms with Crippen LogP contribution in [0.15, 0.2) is 47.2 Å². The van der Waals surface area contributed by atoms with Crippen molar-refractivity contribution in [2.45, 2.75) is 6.92 Å². The Labute approximate surface area is 141 Å². The van der Waals surface area contributed by atoms with Gasteiger partial charge in [-0.15, -0.1) is 15.3 Å². The summed E-state index contributed by atoms with van der Waals surface area (Å²) in [5, 5.41) is 17.3. The molecule has 1 aromatic carbocycles. The molecule has 0 unspecified atom stereocenters. The van der Waals surface area contributed by atoms with Gasteiger partial charge in [-0.3, -0.25) is 0 Å². The number of halogens is 1. The highest BCUT2D eigenvalue weighted by molar-refractivity contribution is 7.08. The fourth-order valence-corrected chi connectivity index (χ4v) is 3.11. The van der Waals surface area contributed by atoms with Crippen LogP contribution < -0.4 is 4.74 Å². The lowest BCUT2D eigenvalue weighted by molar-refractivity contribution is 0.453. The van der Waals surface area contributed by atoms with E-state index in [0.717, 1.165) is 11.1 Å². The quantitative estimate of drug-likeness (QED) is 0.545. The van der Waals surface area contributed by atoms with Crippen molar-refractivity contribution in [3.63, 3.8) is 0 Å². The molecular formula is C16H11ClN4OS. The van der Waals surface area contributed by atoms with E-state index >= 15 is 0 Å². The lowest BCUT2D eigenvalue weighted by Crippen LogP contribution is -1.97. The number of benzene rings is 1. The Morgan fingerprint density at radius 2 is 2.04 bits per heavy atom. The van der Waals surface area contributed by atoms with Crippen molar-refractivity contribution < 1.29 is 4.74 Å². The third-order valence-electron chi connectivity index (χ3n) is 3.32. The minimum atomic E-state index is 0.430. The number of thiophene rings is 1. The topological polar surface area (TPSA) is 52.3 Å². The molecule has 4 aromatic rings. The number of rotatable bonds is 3. The van der Waals surface area contributed by atoms with Gasteiger partial charge in [-0.2, -0.15) is 15.9 Å². The van der Waals surface area contributed by atoms with Crippen LogP contribution in [-0.2, 0) is 0 Å². The zero-order chi connectivity index (χ0) is 15.8. The maximum atomic E-state index is 6.21. The van der Waals surface area contributed by atoms with Gasteiger partial charge in [-0.25, -0.2) is 0 Å². The van der Waals surface area contributed by atoms with E-state index in [9.17, 15) is 0 Å². The molecule has 0 saturated heterocycles. The standard InChI is InChI=1S/C16H11ClN4OS/c1-10-2-3-13(12(17)8-10)22-15-5-4-14-18-19-16(21(14)20-15)11-6-7-23-9-11/h2-9H,1H3. The van der Waals surface area contributed by atoms with Crippen LogP contribution in [0.5, 0.6) is 11.6 Å². The summed E-state index contributed by atoms with van der Waals surface area (Å²) in [6.07, 6.45) is 0. The molecule has 7 heteroatoms. The van der Waals surface area contributed by atoms with E-state index in [1.807, 2.05) is 48.0 Å². The van der Waals surface area contributed by atoms with Crippen LogP contribution in [0.4, 0.5) is 0 Å². The molecule has 0 amide bonds. The van der Waals surface area contributed by atoms with E-state index in [2.05, 4.69) is 15.3 Å². The number of nitrogens with zero attached hydrogens (tertiary/aromatic N) is 4.